The van der Waals surface area contributed by atoms with E-state index in [0.29, 0.717) is 11.7 Å². The van der Waals surface area contributed by atoms with Gasteiger partial charge in [-0.3, -0.25) is 4.79 Å². The first-order valence-electron chi connectivity index (χ1n) is 4.77. The first-order chi connectivity index (χ1) is 6.19. The van der Waals surface area contributed by atoms with Crippen LogP contribution in [0.3, 0.4) is 0 Å². The molecule has 0 aromatic carbocycles. The summed E-state index contributed by atoms with van der Waals surface area (Å²) in [5, 5.41) is 2.43. The Bertz CT molecular complexity index is 295. The molecule has 2 saturated carbocycles. The minimum absolute atomic E-state index is 0.140. The summed E-state index contributed by atoms with van der Waals surface area (Å²) in [6.07, 6.45) is 4.29. The number of carbonyl (C=O) groups is 1. The molecular weight excluding hydrogens is 182 g/mol. The maximum Gasteiger partial charge on any atom is 0.138 e. The van der Waals surface area contributed by atoms with Gasteiger partial charge in [-0.15, -0.1) is 0 Å². The van der Waals surface area contributed by atoms with Crippen molar-refractivity contribution in [3.8, 4) is 0 Å². The number of Topliss-reactive ketones (excluding diaryl/α,β-unsaturated/α-hetero) is 1. The van der Waals surface area contributed by atoms with Gasteiger partial charge in [-0.2, -0.15) is 0 Å². The van der Waals surface area contributed by atoms with Crippen molar-refractivity contribution in [2.45, 2.75) is 38.6 Å². The zero-order valence-corrected chi connectivity index (χ0v) is 8.56. The molecule has 0 aliphatic heterocycles. The first kappa shape index (κ1) is 9.04. The van der Waals surface area contributed by atoms with Gasteiger partial charge < -0.3 is 0 Å². The molecule has 70 valence electrons. The van der Waals surface area contributed by atoms with E-state index in [0.717, 1.165) is 19.3 Å². The molecule has 3 heteroatoms. The Balaban J connectivity index is 2.32. The number of carbonyl (C=O) groups excluding carboxylic acids is 1. The third-order valence-electron chi connectivity index (χ3n) is 3.76. The fraction of sp³-hybridized carbons (Fsp3) is 0.800. The Hall–Kier alpha value is -0.530. The molecular formula is C10H13NOS. The number of aliphatic imine (C=N–C) groups is 1. The number of isothiocyanates is 1. The van der Waals surface area contributed by atoms with Crippen LogP contribution in [-0.2, 0) is 4.79 Å². The van der Waals surface area contributed by atoms with E-state index >= 15 is 0 Å². The van der Waals surface area contributed by atoms with E-state index in [1.165, 1.54) is 6.42 Å². The number of fused-ring (bicyclic) bond motifs is 2. The minimum Gasteiger partial charge on any atom is -0.299 e. The van der Waals surface area contributed by atoms with E-state index < -0.39 is 0 Å². The normalized spacial score (nSPS) is 41.6. The largest absolute Gasteiger partial charge is 0.299 e. The van der Waals surface area contributed by atoms with Gasteiger partial charge in [0.05, 0.1) is 16.6 Å². The van der Waals surface area contributed by atoms with Crippen LogP contribution < -0.4 is 0 Å². The first-order valence-corrected chi connectivity index (χ1v) is 5.18. The van der Waals surface area contributed by atoms with Crippen LogP contribution in [0.2, 0.25) is 0 Å². The molecule has 0 aromatic rings. The van der Waals surface area contributed by atoms with Crippen LogP contribution >= 0.6 is 12.2 Å². The summed E-state index contributed by atoms with van der Waals surface area (Å²) in [7, 11) is 0. The fourth-order valence-electron chi connectivity index (χ4n) is 3.02. The lowest BCUT2D eigenvalue weighted by atomic mass is 9.77. The molecule has 0 N–H and O–H groups in total. The van der Waals surface area contributed by atoms with Gasteiger partial charge in [0.2, 0.25) is 0 Å². The lowest BCUT2D eigenvalue weighted by molar-refractivity contribution is -0.126. The summed E-state index contributed by atoms with van der Waals surface area (Å²) in [6.45, 7) is 1.69. The van der Waals surface area contributed by atoms with E-state index in [2.05, 4.69) is 22.4 Å². The van der Waals surface area contributed by atoms with Gasteiger partial charge in [0.1, 0.15) is 5.78 Å². The molecule has 0 heterocycles. The SMILES string of the molecule is CC(=O)C12CCC(CC1N=C=S)C2. The highest BCUT2D eigenvalue weighted by Crippen LogP contribution is 2.55. The molecule has 0 aromatic heterocycles. The number of ketones is 1. The Morgan fingerprint density at radius 2 is 2.46 bits per heavy atom. The molecule has 0 spiro atoms. The quantitative estimate of drug-likeness (QED) is 0.499. The van der Waals surface area contributed by atoms with E-state index in [1.54, 1.807) is 6.92 Å². The minimum atomic E-state index is -0.156. The maximum atomic E-state index is 11.6. The highest BCUT2D eigenvalue weighted by atomic mass is 32.1. The number of nitrogens with zero attached hydrogens (tertiary/aromatic N) is 1. The van der Waals surface area contributed by atoms with Crippen LogP contribution in [0.5, 0.6) is 0 Å². The average Bonchev–Trinajstić information content (AvgIpc) is 2.62. The van der Waals surface area contributed by atoms with Crippen molar-refractivity contribution in [1.29, 1.82) is 0 Å². The Labute approximate surface area is 83.4 Å². The molecule has 2 aliphatic carbocycles. The van der Waals surface area contributed by atoms with Gasteiger partial charge in [0.15, 0.2) is 0 Å². The van der Waals surface area contributed by atoms with E-state index in [-0.39, 0.29) is 11.5 Å². The van der Waals surface area contributed by atoms with Crippen molar-refractivity contribution in [2.75, 3.05) is 0 Å². The monoisotopic (exact) mass is 195 g/mol. The summed E-state index contributed by atoms with van der Waals surface area (Å²) in [5.41, 5.74) is -0.156. The average molecular weight is 195 g/mol. The smallest absolute Gasteiger partial charge is 0.138 e. The molecule has 2 rings (SSSR count). The summed E-state index contributed by atoms with van der Waals surface area (Å²) in [6, 6.07) is 0.140. The van der Waals surface area contributed by atoms with Gasteiger partial charge in [-0.25, -0.2) is 4.99 Å². The molecule has 2 fully saturated rings. The van der Waals surface area contributed by atoms with Gasteiger partial charge in [0, 0.05) is 0 Å². The van der Waals surface area contributed by atoms with Crippen molar-refractivity contribution >= 4 is 23.2 Å². The van der Waals surface area contributed by atoms with Crippen molar-refractivity contribution in [1.82, 2.24) is 0 Å². The molecule has 3 atom stereocenters. The summed E-state index contributed by atoms with van der Waals surface area (Å²) in [5.74, 6) is 1.01. The summed E-state index contributed by atoms with van der Waals surface area (Å²) < 4.78 is 0. The third-order valence-corrected chi connectivity index (χ3v) is 3.86. The zero-order valence-electron chi connectivity index (χ0n) is 7.75. The van der Waals surface area contributed by atoms with Gasteiger partial charge in [0.25, 0.3) is 0 Å². The number of thiocarbonyl (C=S) groups is 1. The third kappa shape index (κ3) is 1.18. The van der Waals surface area contributed by atoms with E-state index in [4.69, 9.17) is 0 Å². The van der Waals surface area contributed by atoms with Crippen molar-refractivity contribution in [3.05, 3.63) is 0 Å². The molecule has 2 bridgehead atoms. The standard InChI is InChI=1S/C10H13NOS/c1-7(12)10-3-2-8(5-10)4-9(10)11-6-13/h8-9H,2-5H2,1H3. The van der Waals surface area contributed by atoms with Gasteiger partial charge >= 0.3 is 0 Å². The molecule has 2 nitrogen and oxygen atoms in total. The van der Waals surface area contributed by atoms with Crippen molar-refractivity contribution < 1.29 is 4.79 Å². The fourth-order valence-corrected chi connectivity index (χ4v) is 3.15. The highest BCUT2D eigenvalue weighted by Gasteiger charge is 2.55. The summed E-state index contributed by atoms with van der Waals surface area (Å²) in [4.78, 5) is 15.7. The molecule has 0 radical (unpaired) electrons. The maximum absolute atomic E-state index is 11.6. The number of hydrogen-bond donors (Lipinski definition) is 0. The van der Waals surface area contributed by atoms with Crippen LogP contribution in [0.1, 0.15) is 32.6 Å². The molecule has 2 aliphatic rings. The van der Waals surface area contributed by atoms with Crippen molar-refractivity contribution in [2.24, 2.45) is 16.3 Å². The Kier molecular flexibility index (Phi) is 2.09. The Morgan fingerprint density at radius 3 is 3.00 bits per heavy atom. The van der Waals surface area contributed by atoms with E-state index in [1.807, 2.05) is 0 Å². The predicted octanol–water partition coefficient (Wildman–Crippen LogP) is 2.24. The van der Waals surface area contributed by atoms with Crippen LogP contribution in [0.15, 0.2) is 4.99 Å². The number of rotatable bonds is 2. The highest BCUT2D eigenvalue weighted by molar-refractivity contribution is 7.78. The predicted molar refractivity (Wildman–Crippen MR) is 53.9 cm³/mol. The van der Waals surface area contributed by atoms with Crippen molar-refractivity contribution in [3.63, 3.8) is 0 Å². The van der Waals surface area contributed by atoms with Crippen LogP contribution in [0, 0.1) is 11.3 Å². The number of hydrogen-bond acceptors (Lipinski definition) is 3. The summed E-state index contributed by atoms with van der Waals surface area (Å²) >= 11 is 4.61. The van der Waals surface area contributed by atoms with Gasteiger partial charge in [-0.1, -0.05) is 0 Å². The molecule has 0 amide bonds. The lowest BCUT2D eigenvalue weighted by Crippen LogP contribution is -2.35. The van der Waals surface area contributed by atoms with Crippen LogP contribution in [0.25, 0.3) is 0 Å². The second kappa shape index (κ2) is 3.00. The molecule has 0 saturated heterocycles. The second-order valence-corrected chi connectivity index (χ2v) is 4.48. The van der Waals surface area contributed by atoms with E-state index in [9.17, 15) is 4.79 Å². The molecule has 3 unspecified atom stereocenters. The second-order valence-electron chi connectivity index (χ2n) is 4.29. The van der Waals surface area contributed by atoms with Crippen LogP contribution in [-0.4, -0.2) is 17.0 Å². The topological polar surface area (TPSA) is 29.4 Å². The van der Waals surface area contributed by atoms with Gasteiger partial charge in [-0.05, 0) is 50.7 Å². The molecule has 13 heavy (non-hydrogen) atoms. The lowest BCUT2D eigenvalue weighted by Gasteiger charge is -2.28. The van der Waals surface area contributed by atoms with Crippen LogP contribution in [0.4, 0.5) is 0 Å². The Morgan fingerprint density at radius 1 is 1.69 bits per heavy atom. The zero-order chi connectivity index (χ0) is 9.47.